The van der Waals surface area contributed by atoms with Gasteiger partial charge in [0.1, 0.15) is 11.6 Å². The number of alkyl halides is 1. The van der Waals surface area contributed by atoms with Crippen molar-refractivity contribution in [2.45, 2.75) is 20.4 Å². The smallest absolute Gasteiger partial charge is 0.141 e. The van der Waals surface area contributed by atoms with Gasteiger partial charge in [0.2, 0.25) is 0 Å². The molecule has 6 aromatic rings. The fourth-order valence-corrected chi connectivity index (χ4v) is 3.89. The van der Waals surface area contributed by atoms with Gasteiger partial charge in [-0.2, -0.15) is 0 Å². The molecule has 0 radical (unpaired) electrons. The molecule has 0 amide bonds. The summed E-state index contributed by atoms with van der Waals surface area (Å²) in [7, 11) is 0. The Hall–Kier alpha value is -3.45. The molecule has 0 aliphatic carbocycles. The van der Waals surface area contributed by atoms with Crippen LogP contribution in [0.2, 0.25) is 0 Å². The molecule has 2 aromatic heterocycles. The third kappa shape index (κ3) is 5.98. The second kappa shape index (κ2) is 12.3. The fraction of sp³-hybridized carbons (Fsp3) is 0.133. The van der Waals surface area contributed by atoms with E-state index in [0.29, 0.717) is 0 Å². The van der Waals surface area contributed by atoms with Gasteiger partial charge < -0.3 is 9.55 Å². The van der Waals surface area contributed by atoms with Crippen molar-refractivity contribution in [3.8, 4) is 22.8 Å². The number of para-hydroxylation sites is 4. The van der Waals surface area contributed by atoms with Crippen LogP contribution in [-0.2, 0) is 6.54 Å². The molecule has 0 aliphatic rings. The number of fused-ring (bicyclic) bond motifs is 2. The standard InChI is InChI=1S/C15H14N2.C13H10N2.C2H5I/c1-2-17-14-11-7-6-10-13(14)16-15(17)12-8-4-3-5-9-12;1-2-6-10(7-3-1)13-14-11-8-4-5-9-12(11)15-13;1-2-3/h3-11H,2H2,1H3;1-9H,(H,14,15);2H2,1H3. The molecule has 2 heterocycles. The zero-order valence-electron chi connectivity index (χ0n) is 20.0. The molecule has 0 bridgehead atoms. The molecule has 1 N–H and O–H groups in total. The van der Waals surface area contributed by atoms with E-state index in [2.05, 4.69) is 106 Å². The number of H-pyrrole nitrogens is 1. The van der Waals surface area contributed by atoms with Gasteiger partial charge in [-0.1, -0.05) is 114 Å². The summed E-state index contributed by atoms with van der Waals surface area (Å²) < 4.78 is 3.47. The number of aromatic amines is 1. The molecule has 0 spiro atoms. The maximum Gasteiger partial charge on any atom is 0.141 e. The molecule has 0 aliphatic heterocycles. The second-order valence-electron chi connectivity index (χ2n) is 7.77. The summed E-state index contributed by atoms with van der Waals surface area (Å²) >= 11 is 2.29. The third-order valence-electron chi connectivity index (χ3n) is 5.44. The van der Waals surface area contributed by atoms with Crippen LogP contribution in [0.5, 0.6) is 0 Å². The van der Waals surface area contributed by atoms with E-state index in [4.69, 9.17) is 4.98 Å². The first kappa shape index (κ1) is 24.7. The minimum Gasteiger partial charge on any atom is -0.338 e. The van der Waals surface area contributed by atoms with Crippen LogP contribution in [0, 0.1) is 0 Å². The van der Waals surface area contributed by atoms with Gasteiger partial charge in [-0.05, 0) is 35.6 Å². The first-order valence-corrected chi connectivity index (χ1v) is 13.3. The average molecular weight is 572 g/mol. The minimum absolute atomic E-state index is 0.928. The Morgan fingerprint density at radius 1 is 0.657 bits per heavy atom. The van der Waals surface area contributed by atoms with Gasteiger partial charge in [0, 0.05) is 17.7 Å². The van der Waals surface area contributed by atoms with Gasteiger partial charge in [0.05, 0.1) is 22.1 Å². The molecule has 0 atom stereocenters. The average Bonchev–Trinajstić information content (AvgIpc) is 3.52. The highest BCUT2D eigenvalue weighted by molar-refractivity contribution is 14.1. The zero-order chi connectivity index (χ0) is 24.5. The summed E-state index contributed by atoms with van der Waals surface area (Å²) in [6.07, 6.45) is 0. The second-order valence-corrected chi connectivity index (χ2v) is 9.30. The van der Waals surface area contributed by atoms with Crippen LogP contribution in [-0.4, -0.2) is 23.9 Å². The monoisotopic (exact) mass is 572 g/mol. The zero-order valence-corrected chi connectivity index (χ0v) is 22.2. The number of hydrogen-bond donors (Lipinski definition) is 1. The van der Waals surface area contributed by atoms with Gasteiger partial charge in [-0.15, -0.1) is 0 Å². The lowest BCUT2D eigenvalue weighted by atomic mass is 10.2. The highest BCUT2D eigenvalue weighted by Gasteiger charge is 2.10. The highest BCUT2D eigenvalue weighted by atomic mass is 127. The number of aryl methyl sites for hydroxylation is 1. The molecular weight excluding hydrogens is 543 g/mol. The van der Waals surface area contributed by atoms with Crippen LogP contribution in [0.25, 0.3) is 44.8 Å². The Labute approximate surface area is 220 Å². The van der Waals surface area contributed by atoms with Crippen LogP contribution in [0.3, 0.4) is 0 Å². The topological polar surface area (TPSA) is 46.5 Å². The number of halogens is 1. The van der Waals surface area contributed by atoms with Crippen molar-refractivity contribution in [2.24, 2.45) is 0 Å². The van der Waals surface area contributed by atoms with E-state index >= 15 is 0 Å². The lowest BCUT2D eigenvalue weighted by Gasteiger charge is -2.05. The Kier molecular flexibility index (Phi) is 8.68. The van der Waals surface area contributed by atoms with E-state index in [0.717, 1.165) is 40.3 Å². The van der Waals surface area contributed by atoms with Gasteiger partial charge in [0.15, 0.2) is 0 Å². The maximum absolute atomic E-state index is 4.72. The lowest BCUT2D eigenvalue weighted by molar-refractivity contribution is 0.796. The SMILES string of the molecule is CCI.CCn1c(-c2ccccc2)nc2ccccc21.c1ccc(-c2nc3ccccc3[nH]2)cc1. The summed E-state index contributed by atoms with van der Waals surface area (Å²) in [6, 6.07) is 36.8. The van der Waals surface area contributed by atoms with E-state index in [1.807, 2.05) is 54.6 Å². The van der Waals surface area contributed by atoms with Gasteiger partial charge in [0.25, 0.3) is 0 Å². The van der Waals surface area contributed by atoms with Crippen molar-refractivity contribution in [3.63, 3.8) is 0 Å². The van der Waals surface area contributed by atoms with E-state index < -0.39 is 0 Å². The number of aromatic nitrogens is 4. The Bertz CT molecular complexity index is 1440. The van der Waals surface area contributed by atoms with E-state index in [1.54, 1.807) is 0 Å². The molecule has 176 valence electrons. The van der Waals surface area contributed by atoms with Crippen molar-refractivity contribution in [1.82, 2.24) is 19.5 Å². The summed E-state index contributed by atoms with van der Waals surface area (Å²) in [5.74, 6) is 1.98. The van der Waals surface area contributed by atoms with Crippen LogP contribution in [0.15, 0.2) is 109 Å². The van der Waals surface area contributed by atoms with Gasteiger partial charge in [-0.3, -0.25) is 0 Å². The predicted octanol–water partition coefficient (Wildman–Crippen LogP) is 8.39. The van der Waals surface area contributed by atoms with Crippen molar-refractivity contribution in [1.29, 1.82) is 0 Å². The molecule has 5 heteroatoms. The minimum atomic E-state index is 0.928. The number of nitrogens with zero attached hydrogens (tertiary/aromatic N) is 3. The van der Waals surface area contributed by atoms with Crippen molar-refractivity contribution in [2.75, 3.05) is 4.43 Å². The molecule has 0 fully saturated rings. The number of imidazole rings is 2. The summed E-state index contributed by atoms with van der Waals surface area (Å²) in [4.78, 5) is 12.5. The van der Waals surface area contributed by atoms with Crippen molar-refractivity contribution in [3.05, 3.63) is 109 Å². The third-order valence-corrected chi connectivity index (χ3v) is 5.44. The largest absolute Gasteiger partial charge is 0.338 e. The maximum atomic E-state index is 4.72. The van der Waals surface area contributed by atoms with E-state index in [9.17, 15) is 0 Å². The lowest BCUT2D eigenvalue weighted by Crippen LogP contribution is -1.96. The Morgan fingerprint density at radius 2 is 1.20 bits per heavy atom. The van der Waals surface area contributed by atoms with E-state index in [-0.39, 0.29) is 0 Å². The van der Waals surface area contributed by atoms with Crippen molar-refractivity contribution >= 4 is 44.7 Å². The quantitative estimate of drug-likeness (QED) is 0.171. The van der Waals surface area contributed by atoms with E-state index in [1.165, 1.54) is 15.5 Å². The van der Waals surface area contributed by atoms with Gasteiger partial charge in [-0.25, -0.2) is 9.97 Å². The van der Waals surface area contributed by atoms with Crippen molar-refractivity contribution < 1.29 is 0 Å². The number of rotatable bonds is 3. The first-order chi connectivity index (χ1) is 17.2. The molecule has 0 unspecified atom stereocenters. The molecule has 35 heavy (non-hydrogen) atoms. The predicted molar refractivity (Wildman–Crippen MR) is 157 cm³/mol. The van der Waals surface area contributed by atoms with Crippen LogP contribution in [0.4, 0.5) is 0 Å². The van der Waals surface area contributed by atoms with Gasteiger partial charge >= 0.3 is 0 Å². The molecular formula is C30H29IN4. The molecule has 0 saturated heterocycles. The first-order valence-electron chi connectivity index (χ1n) is 11.8. The Morgan fingerprint density at radius 3 is 1.83 bits per heavy atom. The number of benzene rings is 4. The normalized spacial score (nSPS) is 10.4. The molecule has 4 nitrogen and oxygen atoms in total. The number of hydrogen-bond acceptors (Lipinski definition) is 2. The fourth-order valence-electron chi connectivity index (χ4n) is 3.89. The molecule has 0 saturated carbocycles. The summed E-state index contributed by atoms with van der Waals surface area (Å²) in [6.45, 7) is 5.20. The van der Waals surface area contributed by atoms with Crippen LogP contribution < -0.4 is 0 Å². The Balaban J connectivity index is 0.000000150. The number of nitrogens with one attached hydrogen (secondary N) is 1. The van der Waals surface area contributed by atoms with Crippen LogP contribution >= 0.6 is 22.6 Å². The molecule has 6 rings (SSSR count). The highest BCUT2D eigenvalue weighted by Crippen LogP contribution is 2.24. The molecule has 4 aromatic carbocycles. The van der Waals surface area contributed by atoms with Crippen LogP contribution in [0.1, 0.15) is 13.8 Å². The summed E-state index contributed by atoms with van der Waals surface area (Å²) in [5.41, 5.74) is 6.65. The summed E-state index contributed by atoms with van der Waals surface area (Å²) in [5, 5.41) is 0.